The molecule has 1 unspecified atom stereocenters. The van der Waals surface area contributed by atoms with Crippen LogP contribution in [0.25, 0.3) is 5.76 Å². The lowest BCUT2D eigenvalue weighted by Gasteiger charge is -2.46. The van der Waals surface area contributed by atoms with Gasteiger partial charge in [-0.2, -0.15) is 0 Å². The quantitative estimate of drug-likeness (QED) is 0.190. The second-order valence-corrected chi connectivity index (χ2v) is 11.7. The number of ether oxygens (including phenoxy) is 2. The van der Waals surface area contributed by atoms with Gasteiger partial charge in [-0.1, -0.05) is 55.7 Å². The van der Waals surface area contributed by atoms with E-state index in [0.29, 0.717) is 31.5 Å². The molecule has 0 bridgehead atoms. The van der Waals surface area contributed by atoms with Crippen molar-refractivity contribution in [2.45, 2.75) is 58.0 Å². The summed E-state index contributed by atoms with van der Waals surface area (Å²) in [6, 6.07) is 12.4. The Morgan fingerprint density at radius 3 is 2.46 bits per heavy atom. The van der Waals surface area contributed by atoms with Gasteiger partial charge in [-0.25, -0.2) is 18.4 Å². The average Bonchev–Trinajstić information content (AvgIpc) is 3.41. The van der Waals surface area contributed by atoms with Crippen molar-refractivity contribution in [2.24, 2.45) is 5.92 Å². The van der Waals surface area contributed by atoms with Gasteiger partial charge in [-0.05, 0) is 50.5 Å². The maximum absolute atomic E-state index is 14.0. The molecule has 11 heteroatoms. The highest BCUT2D eigenvalue weighted by molar-refractivity contribution is 5.94. The first-order chi connectivity index (χ1) is 22.3. The molecule has 0 aromatic heterocycles. The Kier molecular flexibility index (Phi) is 12.7. The predicted molar refractivity (Wildman–Crippen MR) is 171 cm³/mol. The lowest BCUT2D eigenvalue weighted by atomic mass is 9.89. The lowest BCUT2D eigenvalue weighted by Crippen LogP contribution is -2.56. The van der Waals surface area contributed by atoms with E-state index in [9.17, 15) is 23.2 Å². The third kappa shape index (κ3) is 8.72. The second-order valence-electron chi connectivity index (χ2n) is 11.7. The zero-order valence-electron chi connectivity index (χ0n) is 26.8. The number of amides is 3. The van der Waals surface area contributed by atoms with Gasteiger partial charge in [0.15, 0.2) is 11.6 Å². The molecular formula is C35H44F2N4O5. The van der Waals surface area contributed by atoms with Gasteiger partial charge in [0.05, 0.1) is 23.9 Å². The largest absolute Gasteiger partial charge is 0.494 e. The summed E-state index contributed by atoms with van der Waals surface area (Å²) in [5, 5.41) is 5.32. The molecule has 2 N–H and O–H groups in total. The maximum atomic E-state index is 14.0. The van der Waals surface area contributed by atoms with Crippen LogP contribution < -0.4 is 10.6 Å². The number of rotatable bonds is 11. The van der Waals surface area contributed by atoms with Crippen molar-refractivity contribution >= 4 is 24.2 Å². The minimum absolute atomic E-state index is 0.00266. The molecule has 1 atom stereocenters. The monoisotopic (exact) mass is 638 g/mol. The number of benzene rings is 2. The smallest absolute Gasteiger partial charge is 0.338 e. The number of nitrogens with zero attached hydrogens (tertiary/aromatic N) is 2. The molecule has 2 fully saturated rings. The molecule has 2 aliphatic heterocycles. The normalized spacial score (nSPS) is 18.1. The number of hydrogen-bond donors (Lipinski definition) is 2. The number of cyclic esters (lactones) is 1. The number of halogens is 2. The summed E-state index contributed by atoms with van der Waals surface area (Å²) in [7, 11) is 1.47. The zero-order chi connectivity index (χ0) is 33.1. The van der Waals surface area contributed by atoms with Crippen molar-refractivity contribution in [1.82, 2.24) is 20.4 Å². The highest BCUT2D eigenvalue weighted by Gasteiger charge is 2.38. The fourth-order valence-corrected chi connectivity index (χ4v) is 6.20. The summed E-state index contributed by atoms with van der Waals surface area (Å²) in [5.74, 6) is -1.59. The number of allylic oxidation sites excluding steroid dienone is 1. The van der Waals surface area contributed by atoms with Crippen LogP contribution in [0.2, 0.25) is 0 Å². The summed E-state index contributed by atoms with van der Waals surface area (Å²) in [5.41, 5.74) is 1.50. The first kappa shape index (κ1) is 34.6. The standard InChI is InChI=1S/C24H30F2N4O4.C11H14O/c1-29(24(33)27-10-15-11-30(12-15)17-5-3-2-4-6-17)22(16-7-8-18(25)19(26)9-16)21-20(28-14-31)13-34-23(21)32;1-3-11(12-4-2)10-8-6-5-7-9-10/h7-9,14-15,17,22H,2-6,10-13H2,1H3,(H,27,33)(H,28,31);3,5-9H,4H2,1-2H3/b;11-3+. The molecule has 2 heterocycles. The van der Waals surface area contributed by atoms with Gasteiger partial charge < -0.3 is 25.0 Å². The molecule has 1 saturated carbocycles. The Hall–Kier alpha value is -4.25. The van der Waals surface area contributed by atoms with E-state index in [1.807, 2.05) is 50.3 Å². The van der Waals surface area contributed by atoms with Gasteiger partial charge in [0.25, 0.3) is 0 Å². The van der Waals surface area contributed by atoms with Gasteiger partial charge in [0, 0.05) is 44.2 Å². The summed E-state index contributed by atoms with van der Waals surface area (Å²) < 4.78 is 38.1. The molecular weight excluding hydrogens is 594 g/mol. The van der Waals surface area contributed by atoms with Gasteiger partial charge in [-0.15, -0.1) is 0 Å². The van der Waals surface area contributed by atoms with Crippen LogP contribution in [0.1, 0.15) is 63.1 Å². The summed E-state index contributed by atoms with van der Waals surface area (Å²) in [6.45, 7) is 6.86. The van der Waals surface area contributed by atoms with E-state index in [0.717, 1.165) is 36.5 Å². The minimum atomic E-state index is -1.11. The van der Waals surface area contributed by atoms with Crippen LogP contribution in [0.5, 0.6) is 0 Å². The first-order valence-corrected chi connectivity index (χ1v) is 15.9. The third-order valence-electron chi connectivity index (χ3n) is 8.61. The van der Waals surface area contributed by atoms with Gasteiger partial charge >= 0.3 is 12.0 Å². The fraction of sp³-hybridized carbons (Fsp3) is 0.457. The molecule has 3 aliphatic rings. The highest BCUT2D eigenvalue weighted by Crippen LogP contribution is 2.34. The SMILES string of the molecule is C/C=C(/OCC)c1ccccc1.CN(C(=O)NCC1CN(C2CCCCC2)C1)C(C1=C(NC=O)COC1=O)c1ccc(F)c(F)c1. The lowest BCUT2D eigenvalue weighted by molar-refractivity contribution is -0.136. The molecule has 2 aromatic carbocycles. The molecule has 0 radical (unpaired) electrons. The average molecular weight is 639 g/mol. The zero-order valence-corrected chi connectivity index (χ0v) is 26.8. The van der Waals surface area contributed by atoms with E-state index in [4.69, 9.17) is 9.47 Å². The molecule has 3 amide bonds. The minimum Gasteiger partial charge on any atom is -0.494 e. The van der Waals surface area contributed by atoms with E-state index < -0.39 is 29.7 Å². The Morgan fingerprint density at radius 1 is 1.11 bits per heavy atom. The number of esters is 1. The number of nitrogens with one attached hydrogen (secondary N) is 2. The van der Waals surface area contributed by atoms with Crippen LogP contribution in [0.4, 0.5) is 13.6 Å². The maximum Gasteiger partial charge on any atom is 0.338 e. The number of likely N-dealkylation sites (tertiary alicyclic amines) is 1. The Labute approximate surface area is 269 Å². The van der Waals surface area contributed by atoms with Crippen molar-refractivity contribution in [2.75, 3.05) is 39.9 Å². The fourth-order valence-electron chi connectivity index (χ4n) is 6.20. The van der Waals surface area contributed by atoms with E-state index in [-0.39, 0.29) is 23.4 Å². The molecule has 1 aliphatic carbocycles. The number of urea groups is 1. The van der Waals surface area contributed by atoms with Gasteiger partial charge in [-0.3, -0.25) is 9.69 Å². The van der Waals surface area contributed by atoms with Crippen LogP contribution in [-0.2, 0) is 19.1 Å². The van der Waals surface area contributed by atoms with Gasteiger partial charge in [0.1, 0.15) is 12.4 Å². The highest BCUT2D eigenvalue weighted by atomic mass is 19.2. The van der Waals surface area contributed by atoms with Crippen LogP contribution in [0, 0.1) is 17.6 Å². The summed E-state index contributed by atoms with van der Waals surface area (Å²) in [4.78, 5) is 40.3. The number of likely N-dealkylation sites (N-methyl/N-ethyl adjacent to an activating group) is 1. The molecule has 9 nitrogen and oxygen atoms in total. The number of carbonyl (C=O) groups is 3. The van der Waals surface area contributed by atoms with E-state index in [1.54, 1.807) is 0 Å². The van der Waals surface area contributed by atoms with Crippen LogP contribution in [0.3, 0.4) is 0 Å². The number of hydrogen-bond acceptors (Lipinski definition) is 6. The topological polar surface area (TPSA) is 100 Å². The van der Waals surface area contributed by atoms with Gasteiger partial charge in [0.2, 0.25) is 6.41 Å². The summed E-state index contributed by atoms with van der Waals surface area (Å²) >= 11 is 0. The van der Waals surface area contributed by atoms with E-state index in [1.165, 1.54) is 50.1 Å². The third-order valence-corrected chi connectivity index (χ3v) is 8.61. The predicted octanol–water partition coefficient (Wildman–Crippen LogP) is 5.55. The molecule has 2 aromatic rings. The summed E-state index contributed by atoms with van der Waals surface area (Å²) in [6.07, 6.45) is 8.71. The van der Waals surface area contributed by atoms with Crippen molar-refractivity contribution in [3.63, 3.8) is 0 Å². The Bertz CT molecular complexity index is 1400. The first-order valence-electron chi connectivity index (χ1n) is 15.9. The molecule has 0 spiro atoms. The Morgan fingerprint density at radius 2 is 1.83 bits per heavy atom. The van der Waals surface area contributed by atoms with Crippen LogP contribution in [-0.4, -0.2) is 74.1 Å². The van der Waals surface area contributed by atoms with Crippen molar-refractivity contribution in [3.05, 3.63) is 88.6 Å². The Balaban J connectivity index is 0.000000337. The van der Waals surface area contributed by atoms with Crippen LogP contribution in [0.15, 0.2) is 65.9 Å². The van der Waals surface area contributed by atoms with Crippen molar-refractivity contribution in [1.29, 1.82) is 0 Å². The molecule has 248 valence electrons. The molecule has 1 saturated heterocycles. The van der Waals surface area contributed by atoms with Crippen molar-refractivity contribution in [3.8, 4) is 0 Å². The second kappa shape index (κ2) is 16.9. The van der Waals surface area contributed by atoms with Crippen molar-refractivity contribution < 1.29 is 32.6 Å². The van der Waals surface area contributed by atoms with E-state index in [2.05, 4.69) is 15.5 Å². The molecule has 5 rings (SSSR count). The molecule has 46 heavy (non-hydrogen) atoms. The number of carbonyl (C=O) groups excluding carboxylic acids is 3. The van der Waals surface area contributed by atoms with E-state index >= 15 is 0 Å². The van der Waals surface area contributed by atoms with Crippen LogP contribution >= 0.6 is 0 Å².